The van der Waals surface area contributed by atoms with E-state index in [1.165, 1.54) is 6.07 Å². The van der Waals surface area contributed by atoms with E-state index in [0.717, 1.165) is 30.8 Å². The van der Waals surface area contributed by atoms with Crippen LogP contribution in [0.25, 0.3) is 11.1 Å². The second kappa shape index (κ2) is 6.23. The molecule has 2 aromatic carbocycles. The average molecular weight is 260 g/mol. The van der Waals surface area contributed by atoms with Gasteiger partial charge in [-0.25, -0.2) is 8.78 Å². The fourth-order valence-corrected chi connectivity index (χ4v) is 1.97. The van der Waals surface area contributed by atoms with Crippen LogP contribution in [0.4, 0.5) is 8.78 Å². The number of carbonyl (C=O) groups excluding carboxylic acids is 1. The third-order valence-corrected chi connectivity index (χ3v) is 3.00. The van der Waals surface area contributed by atoms with Crippen molar-refractivity contribution < 1.29 is 13.6 Å². The number of rotatable bonds is 5. The van der Waals surface area contributed by atoms with Crippen molar-refractivity contribution in [2.24, 2.45) is 0 Å². The van der Waals surface area contributed by atoms with Gasteiger partial charge in [-0.05, 0) is 30.0 Å². The van der Waals surface area contributed by atoms with Gasteiger partial charge in [-0.3, -0.25) is 0 Å². The van der Waals surface area contributed by atoms with Crippen LogP contribution in [0.2, 0.25) is 0 Å². The fourth-order valence-electron chi connectivity index (χ4n) is 1.97. The van der Waals surface area contributed by atoms with Crippen LogP contribution in [0.3, 0.4) is 0 Å². The van der Waals surface area contributed by atoms with Gasteiger partial charge in [0.2, 0.25) is 0 Å². The van der Waals surface area contributed by atoms with Crippen LogP contribution < -0.4 is 0 Å². The summed E-state index contributed by atoms with van der Waals surface area (Å²) in [4.78, 5) is 10.2. The Morgan fingerprint density at radius 1 is 1.00 bits per heavy atom. The van der Waals surface area contributed by atoms with E-state index in [2.05, 4.69) is 0 Å². The molecular weight excluding hydrogens is 246 g/mol. The van der Waals surface area contributed by atoms with Crippen LogP contribution in [0.15, 0.2) is 42.5 Å². The van der Waals surface area contributed by atoms with E-state index < -0.39 is 11.6 Å². The molecule has 0 bridgehead atoms. The highest BCUT2D eigenvalue weighted by molar-refractivity contribution is 5.64. The van der Waals surface area contributed by atoms with E-state index in [1.807, 2.05) is 12.1 Å². The number of halogens is 2. The lowest BCUT2D eigenvalue weighted by Crippen LogP contribution is -1.90. The largest absolute Gasteiger partial charge is 0.303 e. The predicted octanol–water partition coefficient (Wildman–Crippen LogP) is 4.15. The van der Waals surface area contributed by atoms with Crippen molar-refractivity contribution in [3.8, 4) is 11.1 Å². The molecule has 2 rings (SSSR count). The topological polar surface area (TPSA) is 17.1 Å². The maximum Gasteiger partial charge on any atom is 0.166 e. The van der Waals surface area contributed by atoms with Gasteiger partial charge in [0.1, 0.15) is 6.29 Å². The molecule has 3 heteroatoms. The summed E-state index contributed by atoms with van der Waals surface area (Å²) >= 11 is 0. The molecule has 0 unspecified atom stereocenters. The molecule has 0 aromatic heterocycles. The zero-order valence-electron chi connectivity index (χ0n) is 10.4. The molecule has 0 aliphatic carbocycles. The van der Waals surface area contributed by atoms with Crippen molar-refractivity contribution in [2.75, 3.05) is 0 Å². The highest BCUT2D eigenvalue weighted by atomic mass is 19.2. The molecule has 0 spiro atoms. The van der Waals surface area contributed by atoms with Gasteiger partial charge < -0.3 is 4.79 Å². The van der Waals surface area contributed by atoms with Crippen molar-refractivity contribution in [3.05, 3.63) is 59.7 Å². The number of aryl methyl sites for hydroxylation is 1. The van der Waals surface area contributed by atoms with Crippen LogP contribution in [0.5, 0.6) is 0 Å². The number of aldehydes is 1. The first-order valence-electron chi connectivity index (χ1n) is 6.19. The summed E-state index contributed by atoms with van der Waals surface area (Å²) in [6.07, 6.45) is 3.05. The Bertz CT molecular complexity index is 561. The van der Waals surface area contributed by atoms with Gasteiger partial charge in [-0.15, -0.1) is 0 Å². The Kier molecular flexibility index (Phi) is 4.39. The smallest absolute Gasteiger partial charge is 0.166 e. The number of unbranched alkanes of at least 4 members (excludes halogenated alkanes) is 1. The Morgan fingerprint density at radius 3 is 2.42 bits per heavy atom. The number of carbonyl (C=O) groups is 1. The van der Waals surface area contributed by atoms with Crippen LogP contribution in [-0.2, 0) is 11.2 Å². The molecule has 0 atom stereocenters. The third-order valence-electron chi connectivity index (χ3n) is 3.00. The summed E-state index contributed by atoms with van der Waals surface area (Å²) in [5.74, 6) is -1.66. The Hall–Kier alpha value is -2.03. The van der Waals surface area contributed by atoms with Gasteiger partial charge in [0, 0.05) is 12.0 Å². The van der Waals surface area contributed by atoms with Gasteiger partial charge in [-0.2, -0.15) is 0 Å². The lowest BCUT2D eigenvalue weighted by atomic mass is 10.0. The maximum absolute atomic E-state index is 13.6. The predicted molar refractivity (Wildman–Crippen MR) is 70.8 cm³/mol. The summed E-state index contributed by atoms with van der Waals surface area (Å²) < 4.78 is 26.8. The quantitative estimate of drug-likeness (QED) is 0.583. The zero-order chi connectivity index (χ0) is 13.7. The molecule has 0 N–H and O–H groups in total. The van der Waals surface area contributed by atoms with E-state index in [-0.39, 0.29) is 5.56 Å². The summed E-state index contributed by atoms with van der Waals surface area (Å²) in [5, 5.41) is 0. The SMILES string of the molecule is O=CCCCc1ccc(-c2cccc(F)c2F)cc1. The molecule has 0 heterocycles. The first-order valence-corrected chi connectivity index (χ1v) is 6.19. The van der Waals surface area contributed by atoms with Gasteiger partial charge in [0.05, 0.1) is 0 Å². The van der Waals surface area contributed by atoms with Crippen LogP contribution in [0, 0.1) is 11.6 Å². The normalized spacial score (nSPS) is 10.4. The first-order chi connectivity index (χ1) is 9.22. The molecule has 0 aliphatic heterocycles. The highest BCUT2D eigenvalue weighted by Gasteiger charge is 2.09. The highest BCUT2D eigenvalue weighted by Crippen LogP contribution is 2.24. The molecule has 1 nitrogen and oxygen atoms in total. The first kappa shape index (κ1) is 13.4. The summed E-state index contributed by atoms with van der Waals surface area (Å²) in [5.41, 5.74) is 2.00. The van der Waals surface area contributed by atoms with Crippen LogP contribution in [-0.4, -0.2) is 6.29 Å². The molecule has 0 amide bonds. The zero-order valence-corrected chi connectivity index (χ0v) is 10.4. The summed E-state index contributed by atoms with van der Waals surface area (Å²) in [6.45, 7) is 0. The fraction of sp³-hybridized carbons (Fsp3) is 0.188. The molecule has 2 aromatic rings. The van der Waals surface area contributed by atoms with E-state index >= 15 is 0 Å². The Labute approximate surface area is 110 Å². The maximum atomic E-state index is 13.6. The van der Waals surface area contributed by atoms with Crippen LogP contribution >= 0.6 is 0 Å². The van der Waals surface area contributed by atoms with Gasteiger partial charge in [0.15, 0.2) is 11.6 Å². The molecular formula is C16H14F2O. The lowest BCUT2D eigenvalue weighted by molar-refractivity contribution is -0.107. The average Bonchev–Trinajstić information content (AvgIpc) is 2.43. The summed E-state index contributed by atoms with van der Waals surface area (Å²) in [6, 6.07) is 11.5. The number of hydrogen-bond acceptors (Lipinski definition) is 1. The number of hydrogen-bond donors (Lipinski definition) is 0. The van der Waals surface area contributed by atoms with Gasteiger partial charge >= 0.3 is 0 Å². The van der Waals surface area contributed by atoms with Crippen molar-refractivity contribution in [3.63, 3.8) is 0 Å². The molecule has 0 saturated heterocycles. The van der Waals surface area contributed by atoms with Gasteiger partial charge in [-0.1, -0.05) is 36.4 Å². The lowest BCUT2D eigenvalue weighted by Gasteiger charge is -2.05. The van der Waals surface area contributed by atoms with E-state index in [1.54, 1.807) is 18.2 Å². The third kappa shape index (κ3) is 3.25. The second-order valence-electron chi connectivity index (χ2n) is 4.36. The standard InChI is InChI=1S/C16H14F2O/c17-15-6-3-5-14(16(15)18)13-9-7-12(8-10-13)4-1-2-11-19/h3,5-11H,1-2,4H2. The van der Waals surface area contributed by atoms with Crippen molar-refractivity contribution in [1.29, 1.82) is 0 Å². The van der Waals surface area contributed by atoms with Crippen molar-refractivity contribution in [2.45, 2.75) is 19.3 Å². The Morgan fingerprint density at radius 2 is 1.74 bits per heavy atom. The minimum absolute atomic E-state index is 0.263. The van der Waals surface area contributed by atoms with E-state index in [9.17, 15) is 13.6 Å². The molecule has 98 valence electrons. The molecule has 0 saturated carbocycles. The van der Waals surface area contributed by atoms with E-state index in [0.29, 0.717) is 12.0 Å². The van der Waals surface area contributed by atoms with Crippen LogP contribution in [0.1, 0.15) is 18.4 Å². The molecule has 0 aliphatic rings. The minimum Gasteiger partial charge on any atom is -0.303 e. The molecule has 19 heavy (non-hydrogen) atoms. The van der Waals surface area contributed by atoms with Crippen molar-refractivity contribution in [1.82, 2.24) is 0 Å². The van der Waals surface area contributed by atoms with Gasteiger partial charge in [0.25, 0.3) is 0 Å². The summed E-state index contributed by atoms with van der Waals surface area (Å²) in [7, 11) is 0. The second-order valence-corrected chi connectivity index (χ2v) is 4.36. The van der Waals surface area contributed by atoms with Crippen molar-refractivity contribution >= 4 is 6.29 Å². The van der Waals surface area contributed by atoms with E-state index in [4.69, 9.17) is 0 Å². The molecule has 0 radical (unpaired) electrons. The minimum atomic E-state index is -0.840. The Balaban J connectivity index is 2.18. The molecule has 0 fully saturated rings. The number of benzene rings is 2. The monoisotopic (exact) mass is 260 g/mol.